The van der Waals surface area contributed by atoms with Gasteiger partial charge < -0.3 is 10.6 Å². The van der Waals surface area contributed by atoms with Crippen LogP contribution in [0.4, 0.5) is 4.79 Å². The van der Waals surface area contributed by atoms with Crippen LogP contribution in [0.1, 0.15) is 12.8 Å². The molecule has 3 heterocycles. The van der Waals surface area contributed by atoms with Crippen molar-refractivity contribution in [1.82, 2.24) is 19.9 Å². The lowest BCUT2D eigenvalue weighted by molar-refractivity contribution is -0.0316. The van der Waals surface area contributed by atoms with Gasteiger partial charge in [-0.1, -0.05) is 0 Å². The van der Waals surface area contributed by atoms with Crippen molar-refractivity contribution in [3.8, 4) is 0 Å². The molecular weight excluding hydrogens is 392 g/mol. The molecule has 3 rings (SSSR count). The summed E-state index contributed by atoms with van der Waals surface area (Å²) >= 11 is 0. The van der Waals surface area contributed by atoms with Gasteiger partial charge in [0.1, 0.15) is 5.84 Å². The predicted molar refractivity (Wildman–Crippen MR) is 84.2 cm³/mol. The molecule has 0 aliphatic carbocycles. The number of fused-ring (bicyclic) bond motifs is 2. The number of amides is 2. The lowest BCUT2D eigenvalue weighted by Crippen LogP contribution is -2.48. The Labute approximate surface area is 148 Å². The summed E-state index contributed by atoms with van der Waals surface area (Å²) in [6, 6.07) is -2.37. The van der Waals surface area contributed by atoms with E-state index in [9.17, 15) is 21.6 Å². The van der Waals surface area contributed by atoms with E-state index in [0.717, 1.165) is 11.1 Å². The summed E-state index contributed by atoms with van der Waals surface area (Å²) in [5.74, 6) is -0.351. The van der Waals surface area contributed by atoms with Crippen LogP contribution in [0.3, 0.4) is 0 Å². The summed E-state index contributed by atoms with van der Waals surface area (Å²) in [5, 5.41) is 0.125. The highest BCUT2D eigenvalue weighted by Crippen LogP contribution is 2.31. The van der Waals surface area contributed by atoms with E-state index < -0.39 is 43.6 Å². The Kier molecular flexibility index (Phi) is 4.55. The van der Waals surface area contributed by atoms with Crippen molar-refractivity contribution in [1.29, 1.82) is 0 Å². The number of amidine groups is 1. The van der Waals surface area contributed by atoms with E-state index in [1.165, 1.54) is 12.4 Å². The lowest BCUT2D eigenvalue weighted by Gasteiger charge is -2.29. The van der Waals surface area contributed by atoms with Crippen molar-refractivity contribution in [2.75, 3.05) is 6.54 Å². The third kappa shape index (κ3) is 3.59. The minimum absolute atomic E-state index is 0.0421. The molecule has 26 heavy (non-hydrogen) atoms. The third-order valence-corrected chi connectivity index (χ3v) is 5.41. The molecule has 1 aromatic heterocycles. The minimum Gasteiger partial charge on any atom is -0.385 e. The zero-order valence-corrected chi connectivity index (χ0v) is 14.7. The zero-order valence-electron chi connectivity index (χ0n) is 13.0. The van der Waals surface area contributed by atoms with E-state index in [-0.39, 0.29) is 25.2 Å². The Bertz CT molecular complexity index is 949. The first-order chi connectivity index (χ1) is 12.1. The molecule has 2 amide bonds. The fourth-order valence-corrected chi connectivity index (χ4v) is 4.07. The van der Waals surface area contributed by atoms with Gasteiger partial charge in [-0.3, -0.25) is 9.54 Å². The fraction of sp³-hybridized carbons (Fsp3) is 0.455. The molecule has 13 nitrogen and oxygen atoms in total. The van der Waals surface area contributed by atoms with Gasteiger partial charge in [-0.25, -0.2) is 9.78 Å². The van der Waals surface area contributed by atoms with Gasteiger partial charge in [0.2, 0.25) is 0 Å². The molecule has 3 N–H and O–H groups in total. The van der Waals surface area contributed by atoms with E-state index in [1.54, 1.807) is 0 Å². The predicted octanol–water partition coefficient (Wildman–Crippen LogP) is -1.47. The molecule has 2 aliphatic rings. The number of sulfonamides is 1. The highest BCUT2D eigenvalue weighted by atomic mass is 32.3. The fourth-order valence-electron chi connectivity index (χ4n) is 2.80. The first kappa shape index (κ1) is 18.4. The molecule has 0 aromatic carbocycles. The van der Waals surface area contributed by atoms with Crippen LogP contribution in [-0.4, -0.2) is 71.8 Å². The normalized spacial score (nSPS) is 24.2. The summed E-state index contributed by atoms with van der Waals surface area (Å²) in [7, 11) is -9.09. The van der Waals surface area contributed by atoms with Crippen LogP contribution in [0.15, 0.2) is 28.0 Å². The van der Waals surface area contributed by atoms with Crippen molar-refractivity contribution < 1.29 is 30.5 Å². The second kappa shape index (κ2) is 6.42. The van der Waals surface area contributed by atoms with Gasteiger partial charge in [0.25, 0.3) is 0 Å². The monoisotopic (exact) mass is 406 g/mol. The summed E-state index contributed by atoms with van der Waals surface area (Å²) in [6.07, 6.45) is 3.97. The lowest BCUT2D eigenvalue weighted by atomic mass is 10.0. The first-order valence-electron chi connectivity index (χ1n) is 7.22. The number of piperidine rings is 1. The standard InChI is InChI=1S/C11H14N6O7S2/c12-10(15-25(19,20)9-5-13-3-4-14-9)8-2-1-7-6-16(8)11(18)17(7)24-26(21,22)23/h3-5,7-8H,1-2,6H2,(H2,12,15)(H,21,22,23)/t7-,8?/m1/s1. The Morgan fingerprint density at radius 3 is 2.65 bits per heavy atom. The molecule has 2 saturated heterocycles. The number of hydrogen-bond acceptors (Lipinski definition) is 8. The highest BCUT2D eigenvalue weighted by Gasteiger charge is 2.48. The van der Waals surface area contributed by atoms with Crippen LogP contribution >= 0.6 is 0 Å². The Morgan fingerprint density at radius 2 is 2.04 bits per heavy atom. The van der Waals surface area contributed by atoms with E-state index >= 15 is 0 Å². The Hall–Kier alpha value is -2.36. The van der Waals surface area contributed by atoms with Gasteiger partial charge in [0, 0.05) is 18.9 Å². The number of hydrogen-bond donors (Lipinski definition) is 2. The highest BCUT2D eigenvalue weighted by molar-refractivity contribution is 7.90. The van der Waals surface area contributed by atoms with Crippen LogP contribution in [-0.2, 0) is 24.7 Å². The Balaban J connectivity index is 1.84. The smallest absolute Gasteiger partial charge is 0.385 e. The number of hydroxylamine groups is 2. The molecule has 0 radical (unpaired) electrons. The number of carbonyl (C=O) groups is 1. The zero-order chi connectivity index (χ0) is 19.1. The van der Waals surface area contributed by atoms with Crippen LogP contribution in [0.25, 0.3) is 0 Å². The van der Waals surface area contributed by atoms with E-state index in [1.807, 2.05) is 0 Å². The molecule has 0 saturated carbocycles. The maximum atomic E-state index is 12.3. The van der Waals surface area contributed by atoms with Crippen molar-refractivity contribution in [2.45, 2.75) is 30.0 Å². The number of carbonyl (C=O) groups excluding carboxylic acids is 1. The second-order valence-electron chi connectivity index (χ2n) is 5.54. The summed E-state index contributed by atoms with van der Waals surface area (Å²) in [4.78, 5) is 20.7. The number of nitrogens with zero attached hydrogens (tertiary/aromatic N) is 5. The van der Waals surface area contributed by atoms with Crippen LogP contribution in [0.2, 0.25) is 0 Å². The first-order valence-corrected chi connectivity index (χ1v) is 10.0. The number of nitrogens with two attached hydrogens (primary N) is 1. The molecule has 0 spiro atoms. The largest absolute Gasteiger partial charge is 0.418 e. The second-order valence-corrected chi connectivity index (χ2v) is 8.10. The molecular formula is C11H14N6O7S2. The minimum atomic E-state index is -4.88. The van der Waals surface area contributed by atoms with Crippen molar-refractivity contribution in [3.63, 3.8) is 0 Å². The molecule has 1 unspecified atom stereocenters. The van der Waals surface area contributed by atoms with E-state index in [2.05, 4.69) is 18.6 Å². The molecule has 1 aromatic rings. The van der Waals surface area contributed by atoms with E-state index in [0.29, 0.717) is 5.06 Å². The van der Waals surface area contributed by atoms with Gasteiger partial charge in [0.15, 0.2) is 5.03 Å². The molecule has 2 aliphatic heterocycles. The average Bonchev–Trinajstić information content (AvgIpc) is 2.79. The van der Waals surface area contributed by atoms with Gasteiger partial charge in [0.05, 0.1) is 18.3 Å². The van der Waals surface area contributed by atoms with Crippen LogP contribution in [0, 0.1) is 0 Å². The Morgan fingerprint density at radius 1 is 1.31 bits per heavy atom. The summed E-state index contributed by atoms with van der Waals surface area (Å²) in [6.45, 7) is 0.0421. The van der Waals surface area contributed by atoms with Crippen molar-refractivity contribution >= 4 is 32.3 Å². The summed E-state index contributed by atoms with van der Waals surface area (Å²) < 4.78 is 62.7. The number of aromatic nitrogens is 2. The van der Waals surface area contributed by atoms with E-state index in [4.69, 9.17) is 10.3 Å². The topological polar surface area (TPSA) is 185 Å². The molecule has 15 heteroatoms. The maximum Gasteiger partial charge on any atom is 0.418 e. The van der Waals surface area contributed by atoms with Crippen LogP contribution < -0.4 is 5.73 Å². The third-order valence-electron chi connectivity index (χ3n) is 3.87. The summed E-state index contributed by atoms with van der Waals surface area (Å²) in [5.41, 5.74) is 5.79. The molecule has 142 valence electrons. The molecule has 2 fully saturated rings. The molecule has 2 atom stereocenters. The van der Waals surface area contributed by atoms with Gasteiger partial charge in [-0.05, 0) is 12.8 Å². The maximum absolute atomic E-state index is 12.3. The molecule has 2 bridgehead atoms. The number of rotatable bonds is 5. The van der Waals surface area contributed by atoms with Crippen molar-refractivity contribution in [3.05, 3.63) is 18.6 Å². The quantitative estimate of drug-likeness (QED) is 0.332. The van der Waals surface area contributed by atoms with Gasteiger partial charge in [-0.15, -0.1) is 8.68 Å². The van der Waals surface area contributed by atoms with Gasteiger partial charge in [-0.2, -0.15) is 21.9 Å². The van der Waals surface area contributed by atoms with Crippen molar-refractivity contribution in [2.24, 2.45) is 10.1 Å². The van der Waals surface area contributed by atoms with Gasteiger partial charge >= 0.3 is 26.5 Å². The van der Waals surface area contributed by atoms with Crippen LogP contribution in [0.5, 0.6) is 0 Å². The SMILES string of the molecule is N/C(=N\S(=O)(=O)c1cnccn1)C1CC[C@@H]2CN1C(=O)N2OS(=O)(=O)O. The average molecular weight is 406 g/mol. The number of urea groups is 1.